The van der Waals surface area contributed by atoms with Crippen LogP contribution in [-0.2, 0) is 4.79 Å². The lowest BCUT2D eigenvalue weighted by atomic mass is 10.1. The lowest BCUT2D eigenvalue weighted by Gasteiger charge is -2.37. The molecule has 0 aromatic heterocycles. The van der Waals surface area contributed by atoms with E-state index >= 15 is 0 Å². The highest BCUT2D eigenvalue weighted by Crippen LogP contribution is 2.14. The fraction of sp³-hybridized carbons (Fsp3) is 0.769. The number of carbonyl (C=O) groups is 3. The Morgan fingerprint density at radius 3 is 2.90 bits per heavy atom. The van der Waals surface area contributed by atoms with Gasteiger partial charge in [-0.15, -0.1) is 0 Å². The van der Waals surface area contributed by atoms with Gasteiger partial charge in [0, 0.05) is 32.2 Å². The summed E-state index contributed by atoms with van der Waals surface area (Å²) in [5.41, 5.74) is 0. The van der Waals surface area contributed by atoms with E-state index in [-0.39, 0.29) is 30.6 Å². The fourth-order valence-electron chi connectivity index (χ4n) is 2.84. The minimum absolute atomic E-state index is 0.0149. The fourth-order valence-corrected chi connectivity index (χ4v) is 2.84. The molecule has 0 saturated carbocycles. The summed E-state index contributed by atoms with van der Waals surface area (Å²) >= 11 is 0. The van der Waals surface area contributed by atoms with Gasteiger partial charge in [-0.2, -0.15) is 0 Å². The summed E-state index contributed by atoms with van der Waals surface area (Å²) in [4.78, 5) is 37.9. The number of aliphatic carboxylic acids is 1. The van der Waals surface area contributed by atoms with Gasteiger partial charge < -0.3 is 25.5 Å². The molecule has 2 atom stereocenters. The number of hydrogen-bond acceptors (Lipinski definition) is 3. The highest BCUT2D eigenvalue weighted by atomic mass is 16.4. The van der Waals surface area contributed by atoms with Crippen LogP contribution in [0.25, 0.3) is 0 Å². The van der Waals surface area contributed by atoms with Crippen LogP contribution >= 0.6 is 0 Å². The quantitative estimate of drug-likeness (QED) is 0.667. The molecule has 2 unspecified atom stereocenters. The van der Waals surface area contributed by atoms with Crippen molar-refractivity contribution in [3.63, 3.8) is 0 Å². The third kappa shape index (κ3) is 3.77. The average Bonchev–Trinajstić information content (AvgIpc) is 2.79. The Hall–Kier alpha value is -1.99. The van der Waals surface area contributed by atoms with E-state index in [0.717, 1.165) is 6.42 Å². The van der Waals surface area contributed by atoms with Crippen molar-refractivity contribution in [2.75, 3.05) is 26.2 Å². The van der Waals surface area contributed by atoms with E-state index in [1.807, 2.05) is 6.92 Å². The summed E-state index contributed by atoms with van der Waals surface area (Å²) in [6.45, 7) is 3.98. The molecule has 2 rings (SSSR count). The van der Waals surface area contributed by atoms with Crippen LogP contribution in [0.3, 0.4) is 0 Å². The lowest BCUT2D eigenvalue weighted by Crippen LogP contribution is -2.57. The van der Waals surface area contributed by atoms with Gasteiger partial charge in [-0.1, -0.05) is 13.3 Å². The van der Waals surface area contributed by atoms with Crippen molar-refractivity contribution in [1.29, 1.82) is 0 Å². The Morgan fingerprint density at radius 2 is 2.24 bits per heavy atom. The summed E-state index contributed by atoms with van der Waals surface area (Å²) in [7, 11) is 0. The molecule has 2 heterocycles. The second kappa shape index (κ2) is 6.64. The first-order valence-electron chi connectivity index (χ1n) is 7.33. The first-order valence-corrected chi connectivity index (χ1v) is 7.33. The van der Waals surface area contributed by atoms with Crippen molar-refractivity contribution in [2.45, 2.75) is 38.3 Å². The van der Waals surface area contributed by atoms with Crippen molar-refractivity contribution in [3.05, 3.63) is 0 Å². The van der Waals surface area contributed by atoms with Crippen LogP contribution in [-0.4, -0.2) is 71.2 Å². The smallest absolute Gasteiger partial charge is 0.317 e. The second-order valence-electron chi connectivity index (χ2n) is 5.51. The molecule has 0 aromatic rings. The van der Waals surface area contributed by atoms with E-state index in [9.17, 15) is 14.4 Å². The Kier molecular flexibility index (Phi) is 4.87. The van der Waals surface area contributed by atoms with Gasteiger partial charge >= 0.3 is 18.0 Å². The number of carboxylic acids is 1. The Labute approximate surface area is 123 Å². The molecular weight excluding hydrogens is 276 g/mol. The van der Waals surface area contributed by atoms with Crippen molar-refractivity contribution in [2.24, 2.45) is 0 Å². The summed E-state index contributed by atoms with van der Waals surface area (Å²) in [5.74, 6) is -0.913. The number of hydrogen-bond donors (Lipinski definition) is 3. The van der Waals surface area contributed by atoms with Crippen LogP contribution in [0.1, 0.15) is 26.2 Å². The molecule has 2 aliphatic heterocycles. The van der Waals surface area contributed by atoms with Gasteiger partial charge in [0.15, 0.2) is 0 Å². The summed E-state index contributed by atoms with van der Waals surface area (Å²) in [6.07, 6.45) is 1.39. The minimum atomic E-state index is -0.913. The van der Waals surface area contributed by atoms with Gasteiger partial charge in [0.25, 0.3) is 0 Å². The van der Waals surface area contributed by atoms with E-state index in [2.05, 4.69) is 10.6 Å². The second-order valence-corrected chi connectivity index (χ2v) is 5.51. The minimum Gasteiger partial charge on any atom is -0.481 e. The van der Waals surface area contributed by atoms with Crippen molar-refractivity contribution >= 4 is 18.0 Å². The molecule has 21 heavy (non-hydrogen) atoms. The zero-order valence-corrected chi connectivity index (χ0v) is 12.2. The van der Waals surface area contributed by atoms with E-state index < -0.39 is 5.97 Å². The largest absolute Gasteiger partial charge is 0.481 e. The third-order valence-corrected chi connectivity index (χ3v) is 3.91. The molecule has 0 aromatic carbocycles. The van der Waals surface area contributed by atoms with Crippen LogP contribution in [0.15, 0.2) is 0 Å². The van der Waals surface area contributed by atoms with Gasteiger partial charge in [-0.05, 0) is 6.42 Å². The number of amides is 4. The molecule has 0 aliphatic carbocycles. The molecule has 2 aliphatic rings. The summed E-state index contributed by atoms with van der Waals surface area (Å²) in [5, 5.41) is 14.4. The Morgan fingerprint density at radius 1 is 1.48 bits per heavy atom. The van der Waals surface area contributed by atoms with Crippen molar-refractivity contribution in [1.82, 2.24) is 20.4 Å². The summed E-state index contributed by atoms with van der Waals surface area (Å²) < 4.78 is 0. The predicted octanol–water partition coefficient (Wildman–Crippen LogP) is 0.0488. The zero-order valence-electron chi connectivity index (χ0n) is 12.2. The highest BCUT2D eigenvalue weighted by molar-refractivity contribution is 5.79. The molecule has 8 nitrogen and oxygen atoms in total. The molecule has 4 amide bonds. The first-order chi connectivity index (χ1) is 10.0. The molecule has 2 saturated heterocycles. The molecule has 0 spiro atoms. The molecular formula is C13H22N4O4. The lowest BCUT2D eigenvalue weighted by molar-refractivity contribution is -0.137. The Balaban J connectivity index is 1.88. The maximum Gasteiger partial charge on any atom is 0.317 e. The van der Waals surface area contributed by atoms with Crippen LogP contribution in [0.5, 0.6) is 0 Å². The number of carboxylic acid groups (broad SMARTS) is 1. The molecule has 8 heteroatoms. The van der Waals surface area contributed by atoms with Gasteiger partial charge in [0.1, 0.15) is 0 Å². The van der Waals surface area contributed by atoms with E-state index in [4.69, 9.17) is 5.11 Å². The van der Waals surface area contributed by atoms with Crippen LogP contribution in [0.2, 0.25) is 0 Å². The monoisotopic (exact) mass is 298 g/mol. The molecule has 118 valence electrons. The third-order valence-electron chi connectivity index (χ3n) is 3.91. The van der Waals surface area contributed by atoms with Crippen molar-refractivity contribution in [3.8, 4) is 0 Å². The van der Waals surface area contributed by atoms with Gasteiger partial charge in [0.05, 0.1) is 12.5 Å². The standard InChI is InChI=1S/C13H22N4O4/c1-2-3-9(6-11(18)19)15-13(21)16-4-5-17-10(8-16)7-14-12(17)20/h9-10H,2-8H2,1H3,(H,14,20)(H,15,21)(H,18,19). The van der Waals surface area contributed by atoms with E-state index in [0.29, 0.717) is 32.6 Å². The molecule has 3 N–H and O–H groups in total. The molecule has 2 fully saturated rings. The topological polar surface area (TPSA) is 102 Å². The number of rotatable bonds is 5. The van der Waals surface area contributed by atoms with Crippen LogP contribution < -0.4 is 10.6 Å². The number of fused-ring (bicyclic) bond motifs is 1. The van der Waals surface area contributed by atoms with Gasteiger partial charge in [-0.25, -0.2) is 9.59 Å². The van der Waals surface area contributed by atoms with Crippen LogP contribution in [0.4, 0.5) is 9.59 Å². The highest BCUT2D eigenvalue weighted by Gasteiger charge is 2.37. The first kappa shape index (κ1) is 15.4. The van der Waals surface area contributed by atoms with E-state index in [1.165, 1.54) is 0 Å². The normalized spacial score (nSPS) is 22.5. The number of nitrogens with one attached hydrogen (secondary N) is 2. The van der Waals surface area contributed by atoms with Crippen molar-refractivity contribution < 1.29 is 19.5 Å². The predicted molar refractivity (Wildman–Crippen MR) is 74.9 cm³/mol. The molecule has 0 bridgehead atoms. The Bertz CT molecular complexity index is 428. The maximum atomic E-state index is 12.2. The van der Waals surface area contributed by atoms with E-state index in [1.54, 1.807) is 9.80 Å². The number of carbonyl (C=O) groups excluding carboxylic acids is 2. The SMILES string of the molecule is CCCC(CC(=O)O)NC(=O)N1CCN2C(=O)NCC2C1. The average molecular weight is 298 g/mol. The van der Waals surface area contributed by atoms with Gasteiger partial charge in [-0.3, -0.25) is 4.79 Å². The number of nitrogens with zero attached hydrogens (tertiary/aromatic N) is 2. The maximum absolute atomic E-state index is 12.2. The van der Waals surface area contributed by atoms with Gasteiger partial charge in [0.2, 0.25) is 0 Å². The number of urea groups is 2. The molecule has 0 radical (unpaired) electrons. The summed E-state index contributed by atoms with van der Waals surface area (Å²) in [6, 6.07) is -0.647. The zero-order chi connectivity index (χ0) is 15.4. The van der Waals surface area contributed by atoms with Crippen LogP contribution in [0, 0.1) is 0 Å². The number of piperazine rings is 1.